The molecule has 13 nitrogen and oxygen atoms in total. The first-order valence-corrected chi connectivity index (χ1v) is 22.1. The van der Waals surface area contributed by atoms with Gasteiger partial charge in [0.2, 0.25) is 17.7 Å². The highest BCUT2D eigenvalue weighted by molar-refractivity contribution is 5.99. The fourth-order valence-corrected chi connectivity index (χ4v) is 7.95. The molecule has 3 aromatic rings. The summed E-state index contributed by atoms with van der Waals surface area (Å²) in [6.45, 7) is 6.44. The molecule has 0 fully saturated rings. The number of Topliss-reactive ketones (excluding diaryl/α,β-unsaturated/α-hetero) is 2. The number of aromatic hydroxyl groups is 2. The minimum absolute atomic E-state index is 0.108. The molecule has 4 rings (SSSR count). The van der Waals surface area contributed by atoms with Crippen molar-refractivity contribution in [3.05, 3.63) is 82.9 Å². The second-order valence-corrected chi connectivity index (χ2v) is 17.0. The minimum Gasteiger partial charge on any atom is -0.507 e. The molecule has 5 atom stereocenters. The van der Waals surface area contributed by atoms with E-state index in [1.807, 2.05) is 19.1 Å². The Morgan fingerprint density at radius 3 is 2.06 bits per heavy atom. The lowest BCUT2D eigenvalue weighted by Crippen LogP contribution is -2.53. The molecule has 0 spiro atoms. The average molecular weight is 855 g/mol. The molecule has 0 aromatic heterocycles. The molecule has 1 aliphatic rings. The molecule has 0 saturated carbocycles. The van der Waals surface area contributed by atoms with Gasteiger partial charge in [0.25, 0.3) is 5.91 Å². The molecule has 0 radical (unpaired) electrons. The number of hydrogen-bond acceptors (Lipinski definition) is 9. The molecule has 0 aliphatic carbocycles. The smallest absolute Gasteiger partial charge is 0.254 e. The number of amides is 4. The highest BCUT2D eigenvalue weighted by atomic mass is 16.3. The van der Waals surface area contributed by atoms with Crippen LogP contribution in [0.15, 0.2) is 60.7 Å². The summed E-state index contributed by atoms with van der Waals surface area (Å²) in [4.78, 5) is 83.2. The van der Waals surface area contributed by atoms with E-state index < -0.39 is 59.9 Å². The zero-order valence-electron chi connectivity index (χ0n) is 37.2. The third kappa shape index (κ3) is 13.5. The Morgan fingerprint density at radius 1 is 0.806 bits per heavy atom. The van der Waals surface area contributed by atoms with Gasteiger partial charge in [0.05, 0.1) is 12.6 Å². The minimum atomic E-state index is -1.28. The maximum atomic E-state index is 14.0. The van der Waals surface area contributed by atoms with E-state index in [9.17, 15) is 44.1 Å². The Bertz CT molecular complexity index is 2030. The predicted molar refractivity (Wildman–Crippen MR) is 238 cm³/mol. The van der Waals surface area contributed by atoms with Crippen molar-refractivity contribution < 1.29 is 44.1 Å². The molecule has 1 aliphatic heterocycles. The number of nitrogens with zero attached hydrogens (tertiary/aromatic N) is 2. The van der Waals surface area contributed by atoms with Crippen LogP contribution >= 0.6 is 0 Å². The summed E-state index contributed by atoms with van der Waals surface area (Å²) in [5.74, 6) is -4.03. The van der Waals surface area contributed by atoms with Crippen LogP contribution in [0.3, 0.4) is 0 Å². The van der Waals surface area contributed by atoms with E-state index in [1.165, 1.54) is 88.7 Å². The van der Waals surface area contributed by atoms with Crippen molar-refractivity contribution in [3.8, 4) is 22.6 Å². The van der Waals surface area contributed by atoms with Crippen molar-refractivity contribution in [2.45, 2.75) is 135 Å². The Morgan fingerprint density at radius 2 is 1.42 bits per heavy atom. The maximum absolute atomic E-state index is 14.0. The van der Waals surface area contributed by atoms with Crippen LogP contribution in [0.5, 0.6) is 11.5 Å². The Labute approximate surface area is 366 Å². The number of carbonyl (C=O) groups is 6. The van der Waals surface area contributed by atoms with Crippen molar-refractivity contribution in [3.63, 3.8) is 0 Å². The van der Waals surface area contributed by atoms with Crippen molar-refractivity contribution in [1.29, 1.82) is 0 Å². The van der Waals surface area contributed by atoms with E-state index in [4.69, 9.17) is 0 Å². The number of aliphatic hydroxyl groups is 1. The number of phenolic OH excluding ortho intramolecular Hbond substituents is 2. The zero-order chi connectivity index (χ0) is 45.5. The second-order valence-electron chi connectivity index (χ2n) is 17.0. The van der Waals surface area contributed by atoms with Gasteiger partial charge in [0, 0.05) is 62.0 Å². The highest BCUT2D eigenvalue weighted by Gasteiger charge is 2.33. The average Bonchev–Trinajstić information content (AvgIpc) is 3.24. The third-order valence-electron chi connectivity index (χ3n) is 11.9. The number of rotatable bonds is 19. The number of hydrogen-bond donors (Lipinski definition) is 5. The monoisotopic (exact) mass is 854 g/mol. The van der Waals surface area contributed by atoms with Crippen molar-refractivity contribution in [2.24, 2.45) is 5.92 Å². The number of likely N-dealkylation sites (N-methyl/N-ethyl adjacent to an activating group) is 2. The molecule has 336 valence electrons. The molecule has 0 saturated heterocycles. The number of ketones is 2. The summed E-state index contributed by atoms with van der Waals surface area (Å²) in [6, 6.07) is 12.7. The first kappa shape index (κ1) is 49.1. The van der Waals surface area contributed by atoms with Gasteiger partial charge in [-0.3, -0.25) is 28.8 Å². The van der Waals surface area contributed by atoms with Gasteiger partial charge in [-0.05, 0) is 86.2 Å². The molecular formula is C49H66N4O9. The van der Waals surface area contributed by atoms with Crippen molar-refractivity contribution >= 4 is 35.2 Å². The van der Waals surface area contributed by atoms with Crippen molar-refractivity contribution in [2.75, 3.05) is 20.7 Å². The highest BCUT2D eigenvalue weighted by Crippen LogP contribution is 2.39. The second kappa shape index (κ2) is 23.6. The van der Waals surface area contributed by atoms with Gasteiger partial charge in [-0.1, -0.05) is 83.1 Å². The zero-order valence-corrected chi connectivity index (χ0v) is 37.2. The summed E-state index contributed by atoms with van der Waals surface area (Å²) in [5, 5.41) is 37.4. The van der Waals surface area contributed by atoms with Crippen LogP contribution in [0.4, 0.5) is 0 Å². The summed E-state index contributed by atoms with van der Waals surface area (Å²) in [5.41, 5.74) is 3.17. The molecule has 62 heavy (non-hydrogen) atoms. The number of unbranched alkanes of at least 4 members (excludes halogenated alkanes) is 7. The van der Waals surface area contributed by atoms with E-state index >= 15 is 0 Å². The number of nitrogens with one attached hydrogen (secondary N) is 2. The van der Waals surface area contributed by atoms with Gasteiger partial charge >= 0.3 is 0 Å². The summed E-state index contributed by atoms with van der Waals surface area (Å²) >= 11 is 0. The largest absolute Gasteiger partial charge is 0.507 e. The Hall–Kier alpha value is -5.56. The summed E-state index contributed by atoms with van der Waals surface area (Å²) < 4.78 is 0. The SMILES string of the molecule is CCCCCCCCCCc1ccc(C(=O)N(C)[C@H](CO)C(=O)N[C@H](C)C(=O)CCC(=O)N(C)[C@@H]2C(=O)C[C@@H](C)C(=O)N[C@H](C)Cc3ccc(O)c(c3)-c3cc2ccc3O)cc1. The van der Waals surface area contributed by atoms with Crippen molar-refractivity contribution in [1.82, 2.24) is 20.4 Å². The maximum Gasteiger partial charge on any atom is 0.254 e. The number of benzene rings is 3. The van der Waals surface area contributed by atoms with E-state index in [0.717, 1.165) is 35.3 Å². The molecule has 5 N–H and O–H groups in total. The topological polar surface area (TPSA) is 194 Å². The van der Waals surface area contributed by atoms with E-state index in [2.05, 4.69) is 17.6 Å². The summed E-state index contributed by atoms with van der Waals surface area (Å²) in [6.07, 6.45) is 10.3. The lowest BCUT2D eigenvalue weighted by atomic mass is 9.90. The van der Waals surface area contributed by atoms with E-state index in [1.54, 1.807) is 31.2 Å². The lowest BCUT2D eigenvalue weighted by molar-refractivity contribution is -0.140. The molecule has 3 aromatic carbocycles. The van der Waals surface area contributed by atoms with Crippen LogP contribution in [-0.2, 0) is 36.8 Å². The van der Waals surface area contributed by atoms with E-state index in [0.29, 0.717) is 23.1 Å². The van der Waals surface area contributed by atoms with Crippen LogP contribution < -0.4 is 10.6 Å². The number of aryl methyl sites for hydroxylation is 1. The fourth-order valence-electron chi connectivity index (χ4n) is 7.95. The van der Waals surface area contributed by atoms with E-state index in [-0.39, 0.29) is 48.3 Å². The van der Waals surface area contributed by atoms with Gasteiger partial charge in [0.1, 0.15) is 23.6 Å². The van der Waals surface area contributed by atoms with Crippen LogP contribution in [-0.4, -0.2) is 99.1 Å². The van der Waals surface area contributed by atoms with Gasteiger partial charge in [0.15, 0.2) is 11.6 Å². The molecule has 1 heterocycles. The lowest BCUT2D eigenvalue weighted by Gasteiger charge is -2.30. The van der Waals surface area contributed by atoms with Crippen LogP contribution in [0.25, 0.3) is 11.1 Å². The molecule has 4 amide bonds. The van der Waals surface area contributed by atoms with Gasteiger partial charge in [-0.2, -0.15) is 0 Å². The quantitative estimate of drug-likeness (QED) is 0.0828. The number of fused-ring (bicyclic) bond motifs is 5. The van der Waals surface area contributed by atoms with Gasteiger partial charge < -0.3 is 35.8 Å². The molecule has 13 heteroatoms. The number of aliphatic hydroxyl groups excluding tert-OH is 1. The summed E-state index contributed by atoms with van der Waals surface area (Å²) in [7, 11) is 2.83. The van der Waals surface area contributed by atoms with Crippen LogP contribution in [0.1, 0.15) is 131 Å². The molecule has 0 unspecified atom stereocenters. The normalized spacial score (nSPS) is 17.6. The third-order valence-corrected chi connectivity index (χ3v) is 11.9. The first-order valence-electron chi connectivity index (χ1n) is 22.1. The fraction of sp³-hybridized carbons (Fsp3) is 0.510. The standard InChI is InChI=1S/C49H66N4O9/c1-7-8-9-10-11-12-13-14-15-34-16-19-36(20-17-34)49(62)52(5)40(30-54)48(61)51-33(4)41(55)24-25-45(59)53(6)46-37-21-23-43(57)39(29-37)38-28-35(18-22-42(38)56)27-32(3)50-47(60)31(2)26-44(46)58/h16-23,28-29,31-33,40,46,54,56-57H,7-15,24-27,30H2,1-6H3,(H,50,60)(H,51,61)/t31-,32-,33-,40-,46+/m1/s1. The Kier molecular flexibility index (Phi) is 18.7. The molecule has 4 bridgehead atoms. The number of phenols is 2. The van der Waals surface area contributed by atoms with Crippen LogP contribution in [0.2, 0.25) is 0 Å². The number of carbonyl (C=O) groups excluding carboxylic acids is 6. The first-order chi connectivity index (χ1) is 29.6. The van der Waals surface area contributed by atoms with Gasteiger partial charge in [-0.25, -0.2) is 0 Å². The molecular weight excluding hydrogens is 789 g/mol. The predicted octanol–water partition coefficient (Wildman–Crippen LogP) is 6.59. The Balaban J connectivity index is 1.38. The van der Waals surface area contributed by atoms with Crippen LogP contribution in [0, 0.1) is 5.92 Å². The van der Waals surface area contributed by atoms with Gasteiger partial charge in [-0.15, -0.1) is 0 Å².